The highest BCUT2D eigenvalue weighted by Gasteiger charge is 2.13. The van der Waals surface area contributed by atoms with Gasteiger partial charge in [-0.2, -0.15) is 0 Å². The Morgan fingerprint density at radius 3 is 2.69 bits per heavy atom. The number of benzene rings is 1. The summed E-state index contributed by atoms with van der Waals surface area (Å²) in [4.78, 5) is 3.29. The highest BCUT2D eigenvalue weighted by atomic mass is 15.1. The zero-order chi connectivity index (χ0) is 11.4. The fourth-order valence-corrected chi connectivity index (χ4v) is 1.88. The van der Waals surface area contributed by atoms with Crippen molar-refractivity contribution in [2.45, 2.75) is 19.9 Å². The lowest BCUT2D eigenvalue weighted by Gasteiger charge is -2.02. The first kappa shape index (κ1) is 10.7. The molecule has 1 aromatic heterocycles. The average molecular weight is 213 g/mol. The third-order valence-electron chi connectivity index (χ3n) is 2.75. The van der Waals surface area contributed by atoms with Crippen molar-refractivity contribution < 1.29 is 4.57 Å². The van der Waals surface area contributed by atoms with Gasteiger partial charge in [-0.15, -0.1) is 0 Å². The minimum absolute atomic E-state index is 0.898. The molecule has 82 valence electrons. The van der Waals surface area contributed by atoms with E-state index in [-0.39, 0.29) is 0 Å². The van der Waals surface area contributed by atoms with E-state index in [1.54, 1.807) is 0 Å². The molecule has 0 saturated heterocycles. The Morgan fingerprint density at radius 2 is 2.06 bits per heavy atom. The van der Waals surface area contributed by atoms with Crippen LogP contribution in [0.4, 0.5) is 0 Å². The largest absolute Gasteiger partial charge is 0.254 e. The van der Waals surface area contributed by atoms with E-state index in [0.717, 1.165) is 18.7 Å². The van der Waals surface area contributed by atoms with Crippen molar-refractivity contribution in [3.8, 4) is 0 Å². The van der Waals surface area contributed by atoms with E-state index in [2.05, 4.69) is 47.3 Å². The van der Waals surface area contributed by atoms with Crippen molar-refractivity contribution in [2.75, 3.05) is 0 Å². The van der Waals surface area contributed by atoms with Crippen LogP contribution in [-0.2, 0) is 13.0 Å². The van der Waals surface area contributed by atoms with Crippen molar-refractivity contribution >= 4 is 6.08 Å². The standard InChI is InChI=1S/C14H16N2/c1-3-13-10-15-14(4-2)16(13)11-12-8-6-5-7-9-12/h3,5-10H,1,4,11H2,2H3/p+1. The highest BCUT2D eigenvalue weighted by molar-refractivity contribution is 5.36. The number of aromatic amines is 1. The molecule has 0 radical (unpaired) electrons. The molecule has 2 rings (SSSR count). The Bertz CT molecular complexity index is 469. The maximum absolute atomic E-state index is 3.84. The first-order valence-corrected chi connectivity index (χ1v) is 5.61. The number of nitrogens with zero attached hydrogens (tertiary/aromatic N) is 1. The van der Waals surface area contributed by atoms with Gasteiger partial charge in [-0.05, 0) is 11.6 Å². The summed E-state index contributed by atoms with van der Waals surface area (Å²) in [6.45, 7) is 6.89. The van der Waals surface area contributed by atoms with Gasteiger partial charge in [0.25, 0.3) is 5.82 Å². The molecule has 2 nitrogen and oxygen atoms in total. The van der Waals surface area contributed by atoms with Gasteiger partial charge in [0.15, 0.2) is 5.69 Å². The van der Waals surface area contributed by atoms with Gasteiger partial charge >= 0.3 is 0 Å². The summed E-state index contributed by atoms with van der Waals surface area (Å²) < 4.78 is 2.27. The van der Waals surface area contributed by atoms with Crippen LogP contribution in [0.15, 0.2) is 43.1 Å². The zero-order valence-electron chi connectivity index (χ0n) is 9.61. The number of rotatable bonds is 4. The summed E-state index contributed by atoms with van der Waals surface area (Å²) in [5.41, 5.74) is 2.45. The number of hydrogen-bond acceptors (Lipinski definition) is 0. The number of nitrogens with one attached hydrogen (secondary N) is 1. The Balaban J connectivity index is 2.33. The SMILES string of the molecule is C=Cc1c[nH]c(CC)[n+]1Cc1ccccc1. The van der Waals surface area contributed by atoms with Crippen molar-refractivity contribution in [3.05, 3.63) is 60.2 Å². The minimum Gasteiger partial charge on any atom is -0.247 e. The summed E-state index contributed by atoms with van der Waals surface area (Å²) in [5.74, 6) is 1.23. The quantitative estimate of drug-likeness (QED) is 0.753. The Kier molecular flexibility index (Phi) is 3.20. The zero-order valence-corrected chi connectivity index (χ0v) is 9.61. The summed E-state index contributed by atoms with van der Waals surface area (Å²) in [6, 6.07) is 10.5. The van der Waals surface area contributed by atoms with Crippen LogP contribution in [-0.4, -0.2) is 4.98 Å². The summed E-state index contributed by atoms with van der Waals surface area (Å²) in [7, 11) is 0. The smallest absolute Gasteiger partial charge is 0.247 e. The van der Waals surface area contributed by atoms with Crippen LogP contribution in [0.25, 0.3) is 6.08 Å². The lowest BCUT2D eigenvalue weighted by atomic mass is 10.2. The van der Waals surface area contributed by atoms with Crippen LogP contribution in [0.5, 0.6) is 0 Å². The summed E-state index contributed by atoms with van der Waals surface area (Å²) >= 11 is 0. The van der Waals surface area contributed by atoms with Crippen molar-refractivity contribution in [3.63, 3.8) is 0 Å². The molecule has 1 aromatic carbocycles. The van der Waals surface area contributed by atoms with Crippen LogP contribution >= 0.6 is 0 Å². The van der Waals surface area contributed by atoms with Crippen molar-refractivity contribution in [2.24, 2.45) is 0 Å². The van der Waals surface area contributed by atoms with E-state index in [9.17, 15) is 0 Å². The number of imidazole rings is 1. The van der Waals surface area contributed by atoms with Crippen molar-refractivity contribution in [1.29, 1.82) is 0 Å². The second-order valence-corrected chi connectivity index (χ2v) is 3.79. The van der Waals surface area contributed by atoms with Gasteiger partial charge in [0.05, 0.1) is 0 Å². The van der Waals surface area contributed by atoms with E-state index < -0.39 is 0 Å². The maximum atomic E-state index is 3.84. The van der Waals surface area contributed by atoms with Gasteiger partial charge < -0.3 is 0 Å². The molecular weight excluding hydrogens is 196 g/mol. The molecule has 0 fully saturated rings. The fourth-order valence-electron chi connectivity index (χ4n) is 1.88. The predicted octanol–water partition coefficient (Wildman–Crippen LogP) is 2.56. The number of aryl methyl sites for hydroxylation is 1. The molecule has 1 heterocycles. The molecule has 0 bridgehead atoms. The second-order valence-electron chi connectivity index (χ2n) is 3.79. The molecule has 0 spiro atoms. The van der Waals surface area contributed by atoms with Crippen LogP contribution < -0.4 is 4.57 Å². The van der Waals surface area contributed by atoms with Gasteiger partial charge in [-0.1, -0.05) is 43.8 Å². The van der Waals surface area contributed by atoms with Gasteiger partial charge in [0.1, 0.15) is 12.7 Å². The summed E-state index contributed by atoms with van der Waals surface area (Å²) in [5, 5.41) is 0. The lowest BCUT2D eigenvalue weighted by molar-refractivity contribution is -0.695. The monoisotopic (exact) mass is 213 g/mol. The molecular formula is C14H17N2+. The fraction of sp³-hybridized carbons (Fsp3) is 0.214. The third-order valence-corrected chi connectivity index (χ3v) is 2.75. The third kappa shape index (κ3) is 2.06. The van der Waals surface area contributed by atoms with E-state index in [1.165, 1.54) is 11.4 Å². The van der Waals surface area contributed by atoms with Crippen LogP contribution in [0.3, 0.4) is 0 Å². The van der Waals surface area contributed by atoms with E-state index >= 15 is 0 Å². The topological polar surface area (TPSA) is 19.7 Å². The van der Waals surface area contributed by atoms with Gasteiger partial charge in [-0.3, -0.25) is 0 Å². The molecule has 0 aliphatic heterocycles. The first-order valence-electron chi connectivity index (χ1n) is 5.61. The molecule has 0 atom stereocenters. The van der Waals surface area contributed by atoms with Crippen LogP contribution in [0, 0.1) is 0 Å². The molecule has 2 heteroatoms. The summed E-state index contributed by atoms with van der Waals surface area (Å²) in [6.07, 6.45) is 4.90. The van der Waals surface area contributed by atoms with E-state index in [4.69, 9.17) is 0 Å². The highest BCUT2D eigenvalue weighted by Crippen LogP contribution is 2.02. The van der Waals surface area contributed by atoms with Crippen LogP contribution in [0.1, 0.15) is 24.0 Å². The average Bonchev–Trinajstić information content (AvgIpc) is 2.72. The van der Waals surface area contributed by atoms with Crippen molar-refractivity contribution in [1.82, 2.24) is 4.98 Å². The Hall–Kier alpha value is -1.83. The number of H-pyrrole nitrogens is 1. The van der Waals surface area contributed by atoms with E-state index in [0.29, 0.717) is 0 Å². The van der Waals surface area contributed by atoms with Gasteiger partial charge in [0, 0.05) is 6.42 Å². The molecule has 2 aromatic rings. The molecule has 0 saturated carbocycles. The number of hydrogen-bond donors (Lipinski definition) is 1. The van der Waals surface area contributed by atoms with Gasteiger partial charge in [0.2, 0.25) is 0 Å². The molecule has 0 aliphatic rings. The molecule has 16 heavy (non-hydrogen) atoms. The van der Waals surface area contributed by atoms with Crippen LogP contribution in [0.2, 0.25) is 0 Å². The molecule has 0 unspecified atom stereocenters. The molecule has 0 amide bonds. The minimum atomic E-state index is 0.898. The molecule has 1 N–H and O–H groups in total. The second kappa shape index (κ2) is 4.79. The van der Waals surface area contributed by atoms with Gasteiger partial charge in [-0.25, -0.2) is 9.55 Å². The normalized spacial score (nSPS) is 10.3. The predicted molar refractivity (Wildman–Crippen MR) is 66.0 cm³/mol. The van der Waals surface area contributed by atoms with E-state index in [1.807, 2.05) is 18.3 Å². The number of aromatic nitrogens is 2. The Morgan fingerprint density at radius 1 is 1.31 bits per heavy atom. The maximum Gasteiger partial charge on any atom is 0.254 e. The molecule has 0 aliphatic carbocycles. The lowest BCUT2D eigenvalue weighted by Crippen LogP contribution is -2.39. The first-order chi connectivity index (χ1) is 7.85. The Labute approximate surface area is 96.3 Å².